The molecule has 0 spiro atoms. The van der Waals surface area contributed by atoms with Gasteiger partial charge in [0.1, 0.15) is 11.4 Å². The van der Waals surface area contributed by atoms with Gasteiger partial charge in [-0.15, -0.1) is 0 Å². The van der Waals surface area contributed by atoms with Crippen molar-refractivity contribution in [1.29, 1.82) is 0 Å². The molecule has 6 rings (SSSR count). The zero-order valence-electron chi connectivity index (χ0n) is 14.8. The van der Waals surface area contributed by atoms with Crippen molar-refractivity contribution >= 4 is 11.0 Å². The molecule has 5 heterocycles. The van der Waals surface area contributed by atoms with Crippen LogP contribution in [-0.2, 0) is 13.1 Å². The highest BCUT2D eigenvalue weighted by Crippen LogP contribution is 2.35. The van der Waals surface area contributed by atoms with Crippen molar-refractivity contribution < 1.29 is 9.26 Å². The first kappa shape index (κ1) is 15.8. The van der Waals surface area contributed by atoms with E-state index in [1.807, 2.05) is 30.5 Å². The zero-order chi connectivity index (χ0) is 17.5. The maximum absolute atomic E-state index is 5.46. The molecule has 2 aromatic heterocycles. The van der Waals surface area contributed by atoms with Crippen LogP contribution >= 0.6 is 0 Å². The highest BCUT2D eigenvalue weighted by atomic mass is 16.5. The van der Waals surface area contributed by atoms with E-state index in [9.17, 15) is 0 Å². The predicted octanol–water partition coefficient (Wildman–Crippen LogP) is 2.69. The summed E-state index contributed by atoms with van der Waals surface area (Å²) in [5.41, 5.74) is 3.08. The minimum Gasteiger partial charge on any atom is -0.496 e. The molecule has 3 aromatic rings. The zero-order valence-corrected chi connectivity index (χ0v) is 14.8. The van der Waals surface area contributed by atoms with Crippen LogP contribution in [0.25, 0.3) is 11.0 Å². The largest absolute Gasteiger partial charge is 0.496 e. The summed E-state index contributed by atoms with van der Waals surface area (Å²) < 4.78 is 10.9. The predicted molar refractivity (Wildman–Crippen MR) is 97.8 cm³/mol. The molecule has 134 valence electrons. The standard InChI is InChI=1S/C20H22N4O2/c1-25-19-6-7-21-9-14(19)10-23-11-15-8-16(12-23)24(15)13-18-17-4-2-3-5-20(17)26-22-18/h2-7,9,15-16H,8,10-13H2,1H3. The lowest BCUT2D eigenvalue weighted by molar-refractivity contribution is -0.0783. The van der Waals surface area contributed by atoms with Crippen molar-refractivity contribution in [2.75, 3.05) is 20.2 Å². The molecule has 1 aromatic carbocycles. The monoisotopic (exact) mass is 350 g/mol. The van der Waals surface area contributed by atoms with Crippen LogP contribution in [0.5, 0.6) is 5.75 Å². The number of nitrogens with zero attached hydrogens (tertiary/aromatic N) is 4. The molecular weight excluding hydrogens is 328 g/mol. The van der Waals surface area contributed by atoms with Crippen LogP contribution in [0.1, 0.15) is 17.7 Å². The fraction of sp³-hybridized carbons (Fsp3) is 0.400. The fourth-order valence-corrected chi connectivity index (χ4v) is 4.36. The molecular formula is C20H22N4O2. The SMILES string of the molecule is COc1ccncc1CN1CC2CC(C1)N2Cc1noc2ccccc12. The van der Waals surface area contributed by atoms with Crippen molar-refractivity contribution in [2.45, 2.75) is 31.6 Å². The first-order chi connectivity index (χ1) is 12.8. The molecule has 3 aliphatic rings. The summed E-state index contributed by atoms with van der Waals surface area (Å²) in [6, 6.07) is 11.2. The Hall–Kier alpha value is -2.44. The Balaban J connectivity index is 1.26. The number of hydrogen-bond donors (Lipinski definition) is 0. The molecule has 0 radical (unpaired) electrons. The minimum atomic E-state index is 0.590. The van der Waals surface area contributed by atoms with Crippen molar-refractivity contribution in [3.8, 4) is 5.75 Å². The van der Waals surface area contributed by atoms with Crippen molar-refractivity contribution in [3.63, 3.8) is 0 Å². The summed E-state index contributed by atoms with van der Waals surface area (Å²) >= 11 is 0. The van der Waals surface area contributed by atoms with E-state index in [0.29, 0.717) is 12.1 Å². The number of aromatic nitrogens is 2. The van der Waals surface area contributed by atoms with Gasteiger partial charge in [-0.05, 0) is 24.6 Å². The quantitative estimate of drug-likeness (QED) is 0.705. The second-order valence-corrected chi connectivity index (χ2v) is 7.22. The molecule has 2 unspecified atom stereocenters. The molecule has 0 N–H and O–H groups in total. The van der Waals surface area contributed by atoms with Gasteiger partial charge in [-0.25, -0.2) is 0 Å². The summed E-state index contributed by atoms with van der Waals surface area (Å²) in [7, 11) is 1.72. The van der Waals surface area contributed by atoms with E-state index in [4.69, 9.17) is 9.26 Å². The molecule has 2 atom stereocenters. The van der Waals surface area contributed by atoms with E-state index in [1.165, 1.54) is 6.42 Å². The number of piperazine rings is 1. The third-order valence-electron chi connectivity index (χ3n) is 5.68. The lowest BCUT2D eigenvalue weighted by Gasteiger charge is -2.56. The normalized spacial score (nSPS) is 23.1. The lowest BCUT2D eigenvalue weighted by Crippen LogP contribution is -2.67. The first-order valence-corrected chi connectivity index (χ1v) is 9.10. The van der Waals surface area contributed by atoms with Gasteiger partial charge < -0.3 is 9.26 Å². The van der Waals surface area contributed by atoms with Crippen molar-refractivity contribution in [2.24, 2.45) is 0 Å². The van der Waals surface area contributed by atoms with Gasteiger partial charge in [-0.3, -0.25) is 14.8 Å². The Bertz CT molecular complexity index is 913. The molecule has 6 nitrogen and oxygen atoms in total. The molecule has 3 saturated heterocycles. The smallest absolute Gasteiger partial charge is 0.167 e. The average Bonchev–Trinajstić information content (AvgIpc) is 3.10. The first-order valence-electron chi connectivity index (χ1n) is 9.10. The maximum Gasteiger partial charge on any atom is 0.167 e. The Labute approximate surface area is 152 Å². The van der Waals surface area contributed by atoms with Crippen LogP contribution in [0.2, 0.25) is 0 Å². The summed E-state index contributed by atoms with van der Waals surface area (Å²) in [6.07, 6.45) is 4.97. The summed E-state index contributed by atoms with van der Waals surface area (Å²) in [4.78, 5) is 9.33. The number of methoxy groups -OCH3 is 1. The van der Waals surface area contributed by atoms with E-state index in [2.05, 4.69) is 26.0 Å². The summed E-state index contributed by atoms with van der Waals surface area (Å²) in [6.45, 7) is 3.91. The van der Waals surface area contributed by atoms with Crippen LogP contribution in [0.15, 0.2) is 47.2 Å². The molecule has 6 heteroatoms. The van der Waals surface area contributed by atoms with E-state index in [0.717, 1.165) is 54.2 Å². The third kappa shape index (κ3) is 2.66. The molecule has 0 aliphatic carbocycles. The van der Waals surface area contributed by atoms with Gasteiger partial charge in [0.25, 0.3) is 0 Å². The Morgan fingerprint density at radius 3 is 2.85 bits per heavy atom. The number of hydrogen-bond acceptors (Lipinski definition) is 6. The molecule has 0 amide bonds. The van der Waals surface area contributed by atoms with Gasteiger partial charge in [0.05, 0.1) is 7.11 Å². The number of rotatable bonds is 5. The van der Waals surface area contributed by atoms with E-state index in [-0.39, 0.29) is 0 Å². The second kappa shape index (κ2) is 6.37. The summed E-state index contributed by atoms with van der Waals surface area (Å²) in [5.74, 6) is 0.921. The van der Waals surface area contributed by atoms with E-state index < -0.39 is 0 Å². The third-order valence-corrected chi connectivity index (χ3v) is 5.68. The van der Waals surface area contributed by atoms with Crippen LogP contribution in [0.4, 0.5) is 0 Å². The van der Waals surface area contributed by atoms with Crippen molar-refractivity contribution in [3.05, 3.63) is 54.0 Å². The Kier molecular flexibility index (Phi) is 3.87. The van der Waals surface area contributed by atoms with E-state index in [1.54, 1.807) is 13.3 Å². The minimum absolute atomic E-state index is 0.590. The average molecular weight is 350 g/mol. The summed E-state index contributed by atoms with van der Waals surface area (Å²) in [5, 5.41) is 5.43. The number of fused-ring (bicyclic) bond motifs is 3. The lowest BCUT2D eigenvalue weighted by atomic mass is 9.87. The van der Waals surface area contributed by atoms with Gasteiger partial charge in [-0.1, -0.05) is 17.3 Å². The number of para-hydroxylation sites is 1. The van der Waals surface area contributed by atoms with E-state index >= 15 is 0 Å². The maximum atomic E-state index is 5.46. The van der Waals surface area contributed by atoms with Gasteiger partial charge in [-0.2, -0.15) is 0 Å². The topological polar surface area (TPSA) is 54.6 Å². The van der Waals surface area contributed by atoms with Crippen LogP contribution in [0, 0.1) is 0 Å². The second-order valence-electron chi connectivity index (χ2n) is 7.22. The van der Waals surface area contributed by atoms with Gasteiger partial charge in [0, 0.05) is 61.6 Å². The molecule has 26 heavy (non-hydrogen) atoms. The molecule has 0 saturated carbocycles. The van der Waals surface area contributed by atoms with Crippen LogP contribution in [-0.4, -0.2) is 52.2 Å². The fourth-order valence-electron chi connectivity index (χ4n) is 4.36. The number of pyridine rings is 1. The van der Waals surface area contributed by atoms with Crippen molar-refractivity contribution in [1.82, 2.24) is 19.9 Å². The van der Waals surface area contributed by atoms with Crippen LogP contribution in [0.3, 0.4) is 0 Å². The highest BCUT2D eigenvalue weighted by molar-refractivity contribution is 5.79. The Morgan fingerprint density at radius 1 is 1.15 bits per heavy atom. The number of piperidine rings is 1. The molecule has 3 fully saturated rings. The van der Waals surface area contributed by atoms with Gasteiger partial charge in [0.15, 0.2) is 5.58 Å². The van der Waals surface area contributed by atoms with Crippen LogP contribution < -0.4 is 4.74 Å². The molecule has 2 bridgehead atoms. The Morgan fingerprint density at radius 2 is 2.00 bits per heavy atom. The number of benzene rings is 1. The van der Waals surface area contributed by atoms with Gasteiger partial charge >= 0.3 is 0 Å². The highest BCUT2D eigenvalue weighted by Gasteiger charge is 2.44. The van der Waals surface area contributed by atoms with Gasteiger partial charge in [0.2, 0.25) is 0 Å². The molecule has 3 aliphatic heterocycles. The number of ether oxygens (including phenoxy) is 1.